The van der Waals surface area contributed by atoms with Crippen LogP contribution in [0, 0.1) is 0 Å². The summed E-state index contributed by atoms with van der Waals surface area (Å²) in [6.07, 6.45) is 0. The number of hydrogen-bond donors (Lipinski definition) is 1. The number of benzene rings is 4. The predicted molar refractivity (Wildman–Crippen MR) is 105 cm³/mol. The fourth-order valence-electron chi connectivity index (χ4n) is 2.66. The predicted octanol–water partition coefficient (Wildman–Crippen LogP) is 2.49. The van der Waals surface area contributed by atoms with Crippen LogP contribution in [0.15, 0.2) is 109 Å². The zero-order valence-corrected chi connectivity index (χ0v) is 17.2. The van der Waals surface area contributed by atoms with E-state index in [1.54, 1.807) is 18.2 Å². The molecule has 2 nitrogen and oxygen atoms in total. The van der Waals surface area contributed by atoms with Crippen molar-refractivity contribution in [1.82, 2.24) is 0 Å². The largest absolute Gasteiger partial charge is 1.00 e. The molecule has 0 fully saturated rings. The second-order valence-electron chi connectivity index (χ2n) is 5.75. The van der Waals surface area contributed by atoms with Crippen molar-refractivity contribution in [3.05, 3.63) is 109 Å². The molecule has 0 heterocycles. The number of para-hydroxylation sites is 2. The van der Waals surface area contributed by atoms with Crippen LogP contribution in [0.5, 0.6) is 11.5 Å². The van der Waals surface area contributed by atoms with Crippen LogP contribution in [0.1, 0.15) is 0 Å². The smallest absolute Gasteiger partial charge is 0.872 e. The maximum absolute atomic E-state index is 11.4. The zero-order chi connectivity index (χ0) is 18.2. The summed E-state index contributed by atoms with van der Waals surface area (Å²) in [6.45, 7) is 0. The first-order valence-electron chi connectivity index (χ1n) is 8.40. The summed E-state index contributed by atoms with van der Waals surface area (Å²) in [5, 5.41) is 21.0. The van der Waals surface area contributed by atoms with E-state index in [0.29, 0.717) is 5.75 Å². The molecule has 0 amide bonds. The van der Waals surface area contributed by atoms with E-state index in [4.69, 9.17) is 0 Å². The second-order valence-corrected chi connectivity index (χ2v) is 5.75. The van der Waals surface area contributed by atoms with E-state index in [1.165, 1.54) is 0 Å². The van der Waals surface area contributed by atoms with Crippen molar-refractivity contribution >= 4 is 0 Å². The van der Waals surface area contributed by atoms with Crippen LogP contribution in [0.3, 0.4) is 0 Å². The van der Waals surface area contributed by atoms with Crippen LogP contribution in [0.2, 0.25) is 0 Å². The Kier molecular flexibility index (Phi) is 8.15. The number of aromatic hydroxyl groups is 1. The van der Waals surface area contributed by atoms with E-state index in [9.17, 15) is 10.2 Å². The van der Waals surface area contributed by atoms with Crippen molar-refractivity contribution < 1.29 is 39.8 Å². The van der Waals surface area contributed by atoms with E-state index in [1.807, 2.05) is 91.0 Å². The van der Waals surface area contributed by atoms with Gasteiger partial charge in [0.2, 0.25) is 0 Å². The van der Waals surface area contributed by atoms with Gasteiger partial charge in [-0.3, -0.25) is 0 Å². The Balaban J connectivity index is 0.000000187. The van der Waals surface area contributed by atoms with E-state index >= 15 is 0 Å². The molecule has 0 bridgehead atoms. The SMILES string of the molecule is Oc1ccccc1-c1ccccc1.[Na+].[O-]c1ccccc1-c1ccccc1. The fraction of sp³-hybridized carbons (Fsp3) is 0. The van der Waals surface area contributed by atoms with Gasteiger partial charge < -0.3 is 10.2 Å². The van der Waals surface area contributed by atoms with Gasteiger partial charge in [0.1, 0.15) is 5.75 Å². The fourth-order valence-corrected chi connectivity index (χ4v) is 2.66. The summed E-state index contributed by atoms with van der Waals surface area (Å²) in [7, 11) is 0. The molecular formula is C24H19NaO2. The molecule has 0 unspecified atom stereocenters. The molecule has 0 radical (unpaired) electrons. The number of rotatable bonds is 2. The molecule has 0 aliphatic rings. The summed E-state index contributed by atoms with van der Waals surface area (Å²) in [6, 6.07) is 33.9. The van der Waals surface area contributed by atoms with E-state index < -0.39 is 0 Å². The maximum atomic E-state index is 11.4. The Bertz CT molecular complexity index is 873. The van der Waals surface area contributed by atoms with Crippen molar-refractivity contribution in [2.75, 3.05) is 0 Å². The average molecular weight is 362 g/mol. The van der Waals surface area contributed by atoms with E-state index in [0.717, 1.165) is 22.3 Å². The van der Waals surface area contributed by atoms with Crippen molar-refractivity contribution in [3.8, 4) is 33.8 Å². The topological polar surface area (TPSA) is 43.3 Å². The first-order valence-corrected chi connectivity index (χ1v) is 8.40. The molecule has 0 aliphatic carbocycles. The monoisotopic (exact) mass is 362 g/mol. The molecule has 0 aromatic heterocycles. The Morgan fingerprint density at radius 2 is 0.889 bits per heavy atom. The van der Waals surface area contributed by atoms with Gasteiger partial charge in [-0.15, -0.1) is 5.75 Å². The maximum Gasteiger partial charge on any atom is 1.00 e. The second kappa shape index (κ2) is 10.6. The molecule has 0 atom stereocenters. The number of hydrogen-bond acceptors (Lipinski definition) is 2. The molecule has 128 valence electrons. The van der Waals surface area contributed by atoms with Crippen molar-refractivity contribution in [2.24, 2.45) is 0 Å². The van der Waals surface area contributed by atoms with Gasteiger partial charge in [-0.05, 0) is 22.8 Å². The summed E-state index contributed by atoms with van der Waals surface area (Å²) < 4.78 is 0. The number of phenolic OH excluding ortho intramolecular Hbond substituents is 1. The third-order valence-electron chi connectivity index (χ3n) is 3.96. The minimum absolute atomic E-state index is 0. The molecule has 0 aliphatic heterocycles. The third-order valence-corrected chi connectivity index (χ3v) is 3.96. The molecule has 4 aromatic rings. The van der Waals surface area contributed by atoms with Crippen LogP contribution in [0.4, 0.5) is 0 Å². The molecule has 3 heteroatoms. The molecule has 4 rings (SSSR count). The zero-order valence-electron chi connectivity index (χ0n) is 15.2. The molecule has 0 saturated heterocycles. The van der Waals surface area contributed by atoms with Crippen molar-refractivity contribution in [2.45, 2.75) is 0 Å². The van der Waals surface area contributed by atoms with E-state index in [2.05, 4.69) is 0 Å². The summed E-state index contributed by atoms with van der Waals surface area (Å²) in [5.41, 5.74) is 3.67. The van der Waals surface area contributed by atoms with Gasteiger partial charge >= 0.3 is 29.6 Å². The van der Waals surface area contributed by atoms with Gasteiger partial charge in [-0.25, -0.2) is 0 Å². The summed E-state index contributed by atoms with van der Waals surface area (Å²) >= 11 is 0. The van der Waals surface area contributed by atoms with E-state index in [-0.39, 0.29) is 35.3 Å². The first kappa shape index (κ1) is 20.8. The minimum atomic E-state index is 0. The molecule has 0 spiro atoms. The van der Waals surface area contributed by atoms with Gasteiger partial charge in [0.15, 0.2) is 0 Å². The molecule has 4 aromatic carbocycles. The minimum Gasteiger partial charge on any atom is -0.872 e. The quantitative estimate of drug-likeness (QED) is 0.557. The van der Waals surface area contributed by atoms with Crippen molar-refractivity contribution in [3.63, 3.8) is 0 Å². The van der Waals surface area contributed by atoms with Gasteiger partial charge in [-0.1, -0.05) is 103 Å². The van der Waals surface area contributed by atoms with Crippen molar-refractivity contribution in [1.29, 1.82) is 0 Å². The molecular weight excluding hydrogens is 343 g/mol. The molecule has 1 N–H and O–H groups in total. The molecule has 27 heavy (non-hydrogen) atoms. The van der Waals surface area contributed by atoms with Crippen LogP contribution in [-0.4, -0.2) is 5.11 Å². The van der Waals surface area contributed by atoms with Crippen LogP contribution >= 0.6 is 0 Å². The van der Waals surface area contributed by atoms with Gasteiger partial charge in [0.05, 0.1) is 0 Å². The van der Waals surface area contributed by atoms with Gasteiger partial charge in [0.25, 0.3) is 0 Å². The van der Waals surface area contributed by atoms with Gasteiger partial charge in [-0.2, -0.15) is 0 Å². The Morgan fingerprint density at radius 3 is 1.41 bits per heavy atom. The van der Waals surface area contributed by atoms with Crippen LogP contribution in [0.25, 0.3) is 22.3 Å². The summed E-state index contributed by atoms with van der Waals surface area (Å²) in [5.74, 6) is 0.405. The van der Waals surface area contributed by atoms with Gasteiger partial charge in [0, 0.05) is 5.56 Å². The molecule has 0 saturated carbocycles. The van der Waals surface area contributed by atoms with Crippen LogP contribution < -0.4 is 34.7 Å². The first-order chi connectivity index (χ1) is 12.8. The van der Waals surface area contributed by atoms with Crippen LogP contribution in [-0.2, 0) is 0 Å². The third kappa shape index (κ3) is 5.73. The normalized spacial score (nSPS) is 9.48. The average Bonchev–Trinajstić information content (AvgIpc) is 2.71. The Hall–Kier alpha value is -2.52. The number of phenols is 1. The standard InChI is InChI=1S/2C12H10O.Na/c2*13-12-9-5-4-8-11(12)10-6-2-1-3-7-10;/h2*1-9,13H;/q;;+1/p-1. The Morgan fingerprint density at radius 1 is 0.481 bits per heavy atom. The summed E-state index contributed by atoms with van der Waals surface area (Å²) in [4.78, 5) is 0. The Labute approximate surface area is 182 Å².